The van der Waals surface area contributed by atoms with Gasteiger partial charge in [-0.2, -0.15) is 5.10 Å². The zero-order valence-corrected chi connectivity index (χ0v) is 16.1. The van der Waals surface area contributed by atoms with Crippen molar-refractivity contribution in [3.63, 3.8) is 0 Å². The Hall–Kier alpha value is -1.92. The highest BCUT2D eigenvalue weighted by atomic mass is 35.5. The van der Waals surface area contributed by atoms with Gasteiger partial charge in [0.15, 0.2) is 5.82 Å². The van der Waals surface area contributed by atoms with E-state index in [9.17, 15) is 4.79 Å². The number of hydrogen-bond acceptors (Lipinski definition) is 4. The first-order chi connectivity index (χ1) is 12.7. The van der Waals surface area contributed by atoms with Gasteiger partial charge in [-0.1, -0.05) is 12.1 Å². The minimum absolute atomic E-state index is 0. The highest BCUT2D eigenvalue weighted by Crippen LogP contribution is 2.38. The number of carbonyl (C=O) groups is 1. The molecule has 0 spiro atoms. The lowest BCUT2D eigenvalue weighted by Crippen LogP contribution is -2.39. The smallest absolute Gasteiger partial charge is 0.224 e. The molecule has 7 heteroatoms. The summed E-state index contributed by atoms with van der Waals surface area (Å²) in [5.41, 5.74) is 1.76. The third kappa shape index (κ3) is 4.17. The van der Waals surface area contributed by atoms with Crippen molar-refractivity contribution >= 4 is 24.0 Å². The summed E-state index contributed by atoms with van der Waals surface area (Å²) < 4.78 is 0. The quantitative estimate of drug-likeness (QED) is 0.731. The Morgan fingerprint density at radius 2 is 1.93 bits per heavy atom. The summed E-state index contributed by atoms with van der Waals surface area (Å²) in [5, 5.41) is 14.1. The molecule has 2 bridgehead atoms. The van der Waals surface area contributed by atoms with Crippen LogP contribution in [0.3, 0.4) is 0 Å². The predicted molar refractivity (Wildman–Crippen MR) is 107 cm³/mol. The summed E-state index contributed by atoms with van der Waals surface area (Å²) in [6.45, 7) is 0. The van der Waals surface area contributed by atoms with Crippen molar-refractivity contribution in [1.29, 1.82) is 0 Å². The number of H-pyrrole nitrogens is 1. The third-order valence-electron chi connectivity index (χ3n) is 5.92. The van der Waals surface area contributed by atoms with Crippen LogP contribution in [-0.2, 0) is 4.79 Å². The SMILES string of the molecule is Cl.O=C(CC1CC2CCC(C1)N2)Nc1cccc(-c2n[nH]c(C3CC3)n2)c1. The molecule has 1 saturated carbocycles. The van der Waals surface area contributed by atoms with Gasteiger partial charge >= 0.3 is 0 Å². The first-order valence-electron chi connectivity index (χ1n) is 9.81. The van der Waals surface area contributed by atoms with Crippen LogP contribution in [0.5, 0.6) is 0 Å². The van der Waals surface area contributed by atoms with Crippen molar-refractivity contribution in [2.45, 2.75) is 62.9 Å². The highest BCUT2D eigenvalue weighted by Gasteiger charge is 2.34. The van der Waals surface area contributed by atoms with E-state index in [0.717, 1.165) is 29.9 Å². The maximum Gasteiger partial charge on any atom is 0.224 e. The van der Waals surface area contributed by atoms with Crippen LogP contribution in [0.25, 0.3) is 11.4 Å². The van der Waals surface area contributed by atoms with E-state index in [2.05, 4.69) is 25.8 Å². The van der Waals surface area contributed by atoms with E-state index < -0.39 is 0 Å². The standard InChI is InChI=1S/C20H25N5O.ClH/c26-18(10-12-8-16-6-7-17(9-12)21-16)22-15-3-1-2-14(11-15)20-23-19(24-25-20)13-4-5-13;/h1-3,11-13,16-17,21H,4-10H2,(H,22,26)(H,23,24,25);1H. The average Bonchev–Trinajstić information content (AvgIpc) is 3.26. The maximum atomic E-state index is 12.5. The molecule has 144 valence electrons. The summed E-state index contributed by atoms with van der Waals surface area (Å²) in [6, 6.07) is 9.08. The largest absolute Gasteiger partial charge is 0.326 e. The van der Waals surface area contributed by atoms with Crippen LogP contribution in [0.4, 0.5) is 5.69 Å². The number of nitrogens with one attached hydrogen (secondary N) is 3. The molecule has 3 fully saturated rings. The Labute approximate surface area is 165 Å². The monoisotopic (exact) mass is 387 g/mol. The summed E-state index contributed by atoms with van der Waals surface area (Å²) in [4.78, 5) is 17.1. The lowest BCUT2D eigenvalue weighted by atomic mass is 9.89. The molecule has 1 amide bonds. The molecular weight excluding hydrogens is 362 g/mol. The minimum atomic E-state index is 0. The Kier molecular flexibility index (Phi) is 5.19. The zero-order valence-electron chi connectivity index (χ0n) is 15.3. The average molecular weight is 388 g/mol. The van der Waals surface area contributed by atoms with Crippen molar-refractivity contribution in [3.8, 4) is 11.4 Å². The van der Waals surface area contributed by atoms with Gasteiger partial charge in [0.25, 0.3) is 0 Å². The molecule has 1 aromatic heterocycles. The Bertz CT molecular complexity index is 806. The van der Waals surface area contributed by atoms with E-state index in [1.807, 2.05) is 24.3 Å². The van der Waals surface area contributed by atoms with Crippen LogP contribution in [0.1, 0.15) is 56.7 Å². The van der Waals surface area contributed by atoms with Crippen LogP contribution in [0, 0.1) is 5.92 Å². The number of carbonyl (C=O) groups excluding carboxylic acids is 1. The molecule has 5 rings (SSSR count). The number of aromatic amines is 1. The second-order valence-electron chi connectivity index (χ2n) is 8.13. The van der Waals surface area contributed by atoms with Crippen LogP contribution in [0.15, 0.2) is 24.3 Å². The molecule has 6 nitrogen and oxygen atoms in total. The van der Waals surface area contributed by atoms with Crippen LogP contribution in [-0.4, -0.2) is 33.2 Å². The normalized spacial score (nSPS) is 26.4. The number of aromatic nitrogens is 3. The molecule has 1 aliphatic carbocycles. The van der Waals surface area contributed by atoms with Crippen molar-refractivity contribution < 1.29 is 4.79 Å². The number of halogens is 1. The van der Waals surface area contributed by atoms with E-state index in [1.165, 1.54) is 25.7 Å². The van der Waals surface area contributed by atoms with Gasteiger partial charge in [0.1, 0.15) is 5.82 Å². The van der Waals surface area contributed by atoms with Gasteiger partial charge in [-0.05, 0) is 56.6 Å². The van der Waals surface area contributed by atoms with Crippen molar-refractivity contribution in [1.82, 2.24) is 20.5 Å². The van der Waals surface area contributed by atoms with Gasteiger partial charge in [-0.15, -0.1) is 12.4 Å². The van der Waals surface area contributed by atoms with Gasteiger partial charge in [0.2, 0.25) is 5.91 Å². The zero-order chi connectivity index (χ0) is 17.5. The highest BCUT2D eigenvalue weighted by molar-refractivity contribution is 5.91. The summed E-state index contributed by atoms with van der Waals surface area (Å²) in [5.74, 6) is 2.86. The molecule has 0 radical (unpaired) electrons. The van der Waals surface area contributed by atoms with Gasteiger partial charge in [0, 0.05) is 35.7 Å². The van der Waals surface area contributed by atoms with Gasteiger partial charge in [-0.3, -0.25) is 9.89 Å². The molecule has 2 aromatic rings. The fraction of sp³-hybridized carbons (Fsp3) is 0.550. The summed E-state index contributed by atoms with van der Waals surface area (Å²) in [7, 11) is 0. The van der Waals surface area contributed by atoms with E-state index in [1.54, 1.807) is 0 Å². The second kappa shape index (κ2) is 7.60. The second-order valence-corrected chi connectivity index (χ2v) is 8.13. The number of benzene rings is 1. The number of nitrogens with zero attached hydrogens (tertiary/aromatic N) is 2. The van der Waals surface area contributed by atoms with E-state index in [4.69, 9.17) is 0 Å². The number of anilines is 1. The molecule has 2 unspecified atom stereocenters. The fourth-order valence-corrected chi connectivity index (χ4v) is 4.49. The lowest BCUT2D eigenvalue weighted by Gasteiger charge is -2.28. The molecule has 3 aliphatic rings. The van der Waals surface area contributed by atoms with Crippen LogP contribution in [0.2, 0.25) is 0 Å². The molecular formula is C20H26ClN5O. The topological polar surface area (TPSA) is 82.7 Å². The lowest BCUT2D eigenvalue weighted by molar-refractivity contribution is -0.117. The van der Waals surface area contributed by atoms with Crippen molar-refractivity contribution in [2.24, 2.45) is 5.92 Å². The van der Waals surface area contributed by atoms with E-state index in [-0.39, 0.29) is 18.3 Å². The number of piperidine rings is 1. The Balaban J connectivity index is 0.00000180. The molecule has 2 aliphatic heterocycles. The third-order valence-corrected chi connectivity index (χ3v) is 5.92. The predicted octanol–water partition coefficient (Wildman–Crippen LogP) is 3.63. The molecule has 1 aromatic carbocycles. The molecule has 3 heterocycles. The maximum absolute atomic E-state index is 12.5. The number of amides is 1. The Morgan fingerprint density at radius 1 is 1.15 bits per heavy atom. The number of rotatable bonds is 5. The van der Waals surface area contributed by atoms with Crippen molar-refractivity contribution in [3.05, 3.63) is 30.1 Å². The summed E-state index contributed by atoms with van der Waals surface area (Å²) in [6.07, 6.45) is 7.81. The van der Waals surface area contributed by atoms with Gasteiger partial charge < -0.3 is 10.6 Å². The van der Waals surface area contributed by atoms with Crippen LogP contribution < -0.4 is 10.6 Å². The number of fused-ring (bicyclic) bond motifs is 2. The molecule has 2 atom stereocenters. The summed E-state index contributed by atoms with van der Waals surface area (Å²) >= 11 is 0. The first kappa shape index (κ1) is 18.4. The van der Waals surface area contributed by atoms with Gasteiger partial charge in [0.05, 0.1) is 0 Å². The van der Waals surface area contributed by atoms with Gasteiger partial charge in [-0.25, -0.2) is 4.98 Å². The Morgan fingerprint density at radius 3 is 2.67 bits per heavy atom. The van der Waals surface area contributed by atoms with E-state index in [0.29, 0.717) is 36.2 Å². The number of hydrogen-bond donors (Lipinski definition) is 3. The molecule has 27 heavy (non-hydrogen) atoms. The molecule has 3 N–H and O–H groups in total. The fourth-order valence-electron chi connectivity index (χ4n) is 4.49. The first-order valence-corrected chi connectivity index (χ1v) is 9.81. The van der Waals surface area contributed by atoms with Crippen molar-refractivity contribution in [2.75, 3.05) is 5.32 Å². The van der Waals surface area contributed by atoms with Crippen LogP contribution >= 0.6 is 12.4 Å². The van der Waals surface area contributed by atoms with E-state index >= 15 is 0 Å². The molecule has 2 saturated heterocycles. The minimum Gasteiger partial charge on any atom is -0.326 e.